The number of carbonyl (C=O) groups excluding carboxylic acids is 2. The van der Waals surface area contributed by atoms with Crippen LogP contribution in [0, 0.1) is 18.8 Å². The second kappa shape index (κ2) is 27.5. The summed E-state index contributed by atoms with van der Waals surface area (Å²) in [5, 5.41) is 48.0. The van der Waals surface area contributed by atoms with E-state index in [9.17, 15) is 79.1 Å². The maximum Gasteiger partial charge on any atom is 0.491 e. The fourth-order valence-electron chi connectivity index (χ4n) is 7.97. The predicted molar refractivity (Wildman–Crippen MR) is 264 cm³/mol. The third-order valence-electron chi connectivity index (χ3n) is 12.6. The highest BCUT2D eigenvalue weighted by molar-refractivity contribution is 7.91. The van der Waals surface area contributed by atoms with Crippen molar-refractivity contribution in [2.24, 2.45) is 11.8 Å². The van der Waals surface area contributed by atoms with Crippen LogP contribution in [0.15, 0.2) is 104 Å². The molecule has 8 rings (SSSR count). The van der Waals surface area contributed by atoms with Gasteiger partial charge in [-0.15, -0.1) is 40.8 Å². The quantitative estimate of drug-likeness (QED) is 0.0792. The van der Waals surface area contributed by atoms with Gasteiger partial charge >= 0.3 is 44.0 Å². The number of rotatable bonds is 14. The van der Waals surface area contributed by atoms with Crippen LogP contribution < -0.4 is 5.46 Å². The standard InChI is InChI=1S/C23H21F6N5O5S.C20H21F6N5O4S.C4H5BO3/c24-22(25,26)20(23(27,28)29)39-21(35)34-9-5-14(6-10-34)8-12-40(36,37)17-3-1-15(2-4-17)18-30-32-19(33-31-18)16-7-11-38-13-16;1-12-27-29-16(30-28-12)14-2-4-15(5-3-14)36(33,34)11-8-13-6-9-31(10-7-13)18(32)35-17(19(21,22)23)20(24,25)26;6-5(7)4-1-2-8-3-4/h1-4,7,11,13-14,20H,5-6,8-10,12H2;2-5,13,17H,6-11H2,1H3;1-3,6-7H. The van der Waals surface area contributed by atoms with E-state index in [1.807, 2.05) is 0 Å². The highest BCUT2D eigenvalue weighted by Gasteiger charge is 2.61. The Morgan fingerprint density at radius 1 is 0.536 bits per heavy atom. The van der Waals surface area contributed by atoms with Gasteiger partial charge in [0.15, 0.2) is 25.5 Å². The van der Waals surface area contributed by atoms with Gasteiger partial charge in [-0.3, -0.25) is 0 Å². The summed E-state index contributed by atoms with van der Waals surface area (Å²) < 4.78 is 219. The molecule has 2 aliphatic heterocycles. The molecular formula is C47H47BF12N10O12S2. The second-order valence-corrected chi connectivity index (χ2v) is 22.8. The van der Waals surface area contributed by atoms with Gasteiger partial charge < -0.3 is 38.2 Å². The van der Waals surface area contributed by atoms with Crippen LogP contribution in [0.3, 0.4) is 0 Å². The summed E-state index contributed by atoms with van der Waals surface area (Å²) in [6, 6.07) is 14.7. The summed E-state index contributed by atoms with van der Waals surface area (Å²) in [6.45, 7) is 0.981. The zero-order chi connectivity index (χ0) is 61.8. The molecule has 0 bridgehead atoms. The lowest BCUT2D eigenvalue weighted by Gasteiger charge is -2.33. The maximum atomic E-state index is 12.8. The molecule has 2 aromatic carbocycles. The number of sulfone groups is 2. The third kappa shape index (κ3) is 18.7. The normalized spacial score (nSPS) is 15.0. The van der Waals surface area contributed by atoms with Crippen LogP contribution in [0.5, 0.6) is 0 Å². The first kappa shape index (κ1) is 65.6. The van der Waals surface area contributed by atoms with Crippen LogP contribution in [0.2, 0.25) is 0 Å². The van der Waals surface area contributed by atoms with E-state index in [2.05, 4.69) is 54.7 Å². The lowest BCUT2D eigenvalue weighted by molar-refractivity contribution is -0.309. The van der Waals surface area contributed by atoms with Crippen molar-refractivity contribution < 1.29 is 107 Å². The minimum Gasteiger partial charge on any atom is -0.473 e. The molecule has 2 fully saturated rings. The van der Waals surface area contributed by atoms with Crippen molar-refractivity contribution in [3.05, 3.63) is 91.5 Å². The van der Waals surface area contributed by atoms with Crippen molar-refractivity contribution in [2.75, 3.05) is 37.7 Å². The number of furan rings is 2. The number of likely N-dealkylation sites (tertiary alicyclic amines) is 2. The molecule has 2 aliphatic rings. The van der Waals surface area contributed by atoms with Crippen molar-refractivity contribution in [2.45, 2.75) is 92.2 Å². The number of hydrogen-bond acceptors (Lipinski definition) is 20. The summed E-state index contributed by atoms with van der Waals surface area (Å²) in [7, 11) is -8.79. The Morgan fingerprint density at radius 3 is 1.17 bits per heavy atom. The lowest BCUT2D eigenvalue weighted by atomic mass is 9.83. The number of ether oxygens (including phenoxy) is 2. The van der Waals surface area contributed by atoms with Gasteiger partial charge in [-0.25, -0.2) is 26.4 Å². The number of piperidine rings is 2. The second-order valence-electron chi connectivity index (χ2n) is 18.6. The number of aryl methyl sites for hydroxylation is 1. The van der Waals surface area contributed by atoms with Gasteiger partial charge in [0.2, 0.25) is 17.5 Å². The highest BCUT2D eigenvalue weighted by Crippen LogP contribution is 2.38. The fourth-order valence-corrected chi connectivity index (χ4v) is 10.8. The number of nitrogens with zero attached hydrogens (tertiary/aromatic N) is 10. The van der Waals surface area contributed by atoms with Crippen molar-refractivity contribution >= 4 is 44.4 Å². The molecular weight excluding hydrogens is 1200 g/mol. The summed E-state index contributed by atoms with van der Waals surface area (Å²) >= 11 is 0. The molecule has 84 heavy (non-hydrogen) atoms. The smallest absolute Gasteiger partial charge is 0.473 e. The summed E-state index contributed by atoms with van der Waals surface area (Å²) in [6.07, 6.45) is -28.3. The van der Waals surface area contributed by atoms with Crippen LogP contribution in [-0.2, 0) is 29.1 Å². The van der Waals surface area contributed by atoms with Crippen LogP contribution in [-0.4, -0.2) is 171 Å². The van der Waals surface area contributed by atoms with E-state index in [-0.39, 0.29) is 115 Å². The van der Waals surface area contributed by atoms with Gasteiger partial charge in [0.1, 0.15) is 6.26 Å². The van der Waals surface area contributed by atoms with Gasteiger partial charge in [-0.05, 0) is 118 Å². The zero-order valence-corrected chi connectivity index (χ0v) is 44.9. The summed E-state index contributed by atoms with van der Waals surface area (Å²) in [5.41, 5.74) is 1.97. The Labute approximate surface area is 468 Å². The Bertz CT molecular complexity index is 3250. The predicted octanol–water partition coefficient (Wildman–Crippen LogP) is 7.41. The number of carbonyl (C=O) groups is 2. The first-order chi connectivity index (χ1) is 39.2. The number of alkyl halides is 12. The first-order valence-electron chi connectivity index (χ1n) is 24.6. The topological polar surface area (TPSA) is 297 Å². The van der Waals surface area contributed by atoms with E-state index >= 15 is 0 Å². The molecule has 2 amide bonds. The van der Waals surface area contributed by atoms with E-state index in [4.69, 9.17) is 14.5 Å². The number of aromatic nitrogens is 8. The van der Waals surface area contributed by atoms with Crippen LogP contribution in [0.25, 0.3) is 34.2 Å². The summed E-state index contributed by atoms with van der Waals surface area (Å²) in [4.78, 5) is 25.4. The monoisotopic (exact) mass is 1250 g/mol. The SMILES string of the molecule is Cc1nnc(-c2ccc(S(=O)(=O)CCC3CCN(C(=O)OC(C(F)(F)F)C(F)(F)F)CC3)cc2)nn1.O=C(OC(C(F)(F)F)C(F)(F)F)N1CCC(CCS(=O)(=O)c2ccc(-c3nnc(-c4ccoc4)nn3)cc2)CC1.OB(O)c1ccoc1. The number of hydrogen-bond donors (Lipinski definition) is 2. The molecule has 0 aliphatic carbocycles. The molecule has 0 atom stereocenters. The van der Waals surface area contributed by atoms with Gasteiger partial charge in [0.25, 0.3) is 12.2 Å². The van der Waals surface area contributed by atoms with Crippen molar-refractivity contribution in [3.63, 3.8) is 0 Å². The molecule has 6 aromatic rings. The largest absolute Gasteiger partial charge is 0.491 e. The van der Waals surface area contributed by atoms with E-state index < -0.39 is 75.9 Å². The Morgan fingerprint density at radius 2 is 0.869 bits per heavy atom. The average Bonchev–Trinajstić information content (AvgIpc) is 4.33. The van der Waals surface area contributed by atoms with Crippen molar-refractivity contribution in [1.82, 2.24) is 50.6 Å². The highest BCUT2D eigenvalue weighted by atomic mass is 32.2. The molecule has 0 radical (unpaired) electrons. The fraction of sp³-hybridized carbons (Fsp3) is 0.447. The molecule has 37 heteroatoms. The molecule has 0 spiro atoms. The average molecular weight is 1250 g/mol. The van der Waals surface area contributed by atoms with Crippen molar-refractivity contribution in [1.29, 1.82) is 0 Å². The van der Waals surface area contributed by atoms with Gasteiger partial charge in [-0.2, -0.15) is 52.7 Å². The van der Waals surface area contributed by atoms with Crippen LogP contribution in [0.1, 0.15) is 44.3 Å². The number of amides is 2. The molecule has 4 aromatic heterocycles. The van der Waals surface area contributed by atoms with E-state index in [0.717, 1.165) is 9.80 Å². The molecule has 6 heterocycles. The molecule has 22 nitrogen and oxygen atoms in total. The van der Waals surface area contributed by atoms with E-state index in [0.29, 0.717) is 28.0 Å². The number of benzene rings is 2. The Balaban J connectivity index is 0.000000238. The number of halogens is 12. The molecule has 0 saturated carbocycles. The third-order valence-corrected chi connectivity index (χ3v) is 16.1. The van der Waals surface area contributed by atoms with Gasteiger partial charge in [-0.1, -0.05) is 0 Å². The summed E-state index contributed by atoms with van der Waals surface area (Å²) in [5.74, 6) is 0.171. The molecule has 2 saturated heterocycles. The minimum absolute atomic E-state index is 0.0403. The molecule has 456 valence electrons. The van der Waals surface area contributed by atoms with Crippen LogP contribution >= 0.6 is 0 Å². The van der Waals surface area contributed by atoms with E-state index in [1.165, 1.54) is 79.6 Å². The van der Waals surface area contributed by atoms with Crippen LogP contribution in [0.4, 0.5) is 62.3 Å². The van der Waals surface area contributed by atoms with Gasteiger partial charge in [0.05, 0.1) is 45.6 Å². The maximum absolute atomic E-state index is 12.8. The first-order valence-corrected chi connectivity index (χ1v) is 27.9. The molecule has 0 unspecified atom stereocenters. The van der Waals surface area contributed by atoms with E-state index in [1.54, 1.807) is 13.0 Å². The minimum atomic E-state index is -5.80. The molecule has 2 N–H and O–H groups in total. The van der Waals surface area contributed by atoms with Crippen molar-refractivity contribution in [3.8, 4) is 34.2 Å². The Kier molecular flexibility index (Phi) is 21.4. The zero-order valence-electron chi connectivity index (χ0n) is 43.3. The Hall–Kier alpha value is -7.54. The lowest BCUT2D eigenvalue weighted by Crippen LogP contribution is -2.49. The van der Waals surface area contributed by atoms with Gasteiger partial charge in [0, 0.05) is 42.8 Å².